The molecule has 0 aliphatic rings. The zero-order valence-corrected chi connectivity index (χ0v) is 14.2. The number of para-hydroxylation sites is 1. The fourth-order valence-electron chi connectivity index (χ4n) is 2.67. The first kappa shape index (κ1) is 17.3. The van der Waals surface area contributed by atoms with Crippen LogP contribution in [0, 0.1) is 13.8 Å². The van der Waals surface area contributed by atoms with Crippen molar-refractivity contribution in [2.75, 3.05) is 6.61 Å². The third-order valence-corrected chi connectivity index (χ3v) is 3.87. The van der Waals surface area contributed by atoms with Crippen LogP contribution in [0.25, 0.3) is 10.9 Å². The number of fused-ring (bicyclic) bond motifs is 1. The van der Waals surface area contributed by atoms with E-state index in [2.05, 4.69) is 10.3 Å². The first-order valence-electron chi connectivity index (χ1n) is 7.88. The molecule has 0 fully saturated rings. The van der Waals surface area contributed by atoms with Crippen molar-refractivity contribution < 1.29 is 23.5 Å². The molecular weight excluding hydrogens is 336 g/mol. The summed E-state index contributed by atoms with van der Waals surface area (Å²) in [5, 5.41) is 2.92. The molecule has 1 N–H and O–H groups in total. The molecule has 0 aliphatic carbocycles. The van der Waals surface area contributed by atoms with Crippen LogP contribution < -0.4 is 5.32 Å². The van der Waals surface area contributed by atoms with E-state index in [9.17, 15) is 14.4 Å². The Bertz CT molecular complexity index is 993. The molecule has 0 unspecified atom stereocenters. The number of hydrogen-bond acceptors (Lipinski definition) is 6. The SMILES string of the molecule is Cc1nc2ccccc2c(C)c1C(=O)OCC(=O)NC(=O)c1ccco1. The van der Waals surface area contributed by atoms with Crippen LogP contribution >= 0.6 is 0 Å². The largest absolute Gasteiger partial charge is 0.459 e. The Labute approximate surface area is 149 Å². The Morgan fingerprint density at radius 2 is 1.88 bits per heavy atom. The fraction of sp³-hybridized carbons (Fsp3) is 0.158. The predicted molar refractivity (Wildman–Crippen MR) is 92.7 cm³/mol. The number of carbonyl (C=O) groups is 3. The van der Waals surface area contributed by atoms with Crippen LogP contribution in [0.15, 0.2) is 47.1 Å². The molecule has 3 rings (SSSR count). The van der Waals surface area contributed by atoms with Gasteiger partial charge in [0.1, 0.15) is 0 Å². The first-order valence-corrected chi connectivity index (χ1v) is 7.88. The van der Waals surface area contributed by atoms with E-state index in [1.807, 2.05) is 24.3 Å². The van der Waals surface area contributed by atoms with Crippen LogP contribution in [-0.2, 0) is 9.53 Å². The van der Waals surface area contributed by atoms with Crippen LogP contribution in [0.4, 0.5) is 0 Å². The molecule has 3 aromatic rings. The van der Waals surface area contributed by atoms with E-state index in [-0.39, 0.29) is 5.76 Å². The Morgan fingerprint density at radius 1 is 1.12 bits per heavy atom. The van der Waals surface area contributed by atoms with Crippen molar-refractivity contribution in [3.63, 3.8) is 0 Å². The van der Waals surface area contributed by atoms with Gasteiger partial charge in [-0.3, -0.25) is 19.9 Å². The van der Waals surface area contributed by atoms with Crippen molar-refractivity contribution >= 4 is 28.7 Å². The van der Waals surface area contributed by atoms with Crippen molar-refractivity contribution in [2.24, 2.45) is 0 Å². The summed E-state index contributed by atoms with van der Waals surface area (Å²) in [7, 11) is 0. The number of aryl methyl sites for hydroxylation is 2. The Balaban J connectivity index is 1.69. The first-order chi connectivity index (χ1) is 12.5. The summed E-state index contributed by atoms with van der Waals surface area (Å²) < 4.78 is 9.93. The van der Waals surface area contributed by atoms with Gasteiger partial charge >= 0.3 is 5.97 Å². The molecule has 0 bridgehead atoms. The number of furan rings is 1. The molecule has 26 heavy (non-hydrogen) atoms. The number of carbonyl (C=O) groups excluding carboxylic acids is 3. The molecule has 0 spiro atoms. The number of nitrogens with zero attached hydrogens (tertiary/aromatic N) is 1. The number of esters is 1. The molecule has 0 aliphatic heterocycles. The average molecular weight is 352 g/mol. The minimum Gasteiger partial charge on any atom is -0.459 e. The number of hydrogen-bond donors (Lipinski definition) is 1. The summed E-state index contributed by atoms with van der Waals surface area (Å²) in [6.07, 6.45) is 1.32. The summed E-state index contributed by atoms with van der Waals surface area (Å²) in [4.78, 5) is 40.3. The second-order valence-electron chi connectivity index (χ2n) is 5.65. The monoisotopic (exact) mass is 352 g/mol. The molecule has 132 valence electrons. The van der Waals surface area contributed by atoms with Crippen LogP contribution in [0.3, 0.4) is 0 Å². The molecule has 0 saturated carbocycles. The summed E-state index contributed by atoms with van der Waals surface area (Å²) in [5.74, 6) is -2.12. The molecule has 2 heterocycles. The van der Waals surface area contributed by atoms with Crippen LogP contribution in [0.5, 0.6) is 0 Å². The van der Waals surface area contributed by atoms with Gasteiger partial charge in [0.05, 0.1) is 23.0 Å². The topological polar surface area (TPSA) is 98.5 Å². The molecule has 1 aromatic carbocycles. The molecule has 7 nitrogen and oxygen atoms in total. The predicted octanol–water partition coefficient (Wildman–Crippen LogP) is 2.56. The van der Waals surface area contributed by atoms with Gasteiger partial charge in [0.25, 0.3) is 11.8 Å². The van der Waals surface area contributed by atoms with E-state index in [0.717, 1.165) is 16.5 Å². The van der Waals surface area contributed by atoms with Gasteiger partial charge in [-0.2, -0.15) is 0 Å². The lowest BCUT2D eigenvalue weighted by molar-refractivity contribution is -0.123. The van der Waals surface area contributed by atoms with Gasteiger partial charge in [0, 0.05) is 5.39 Å². The molecule has 2 amide bonds. The highest BCUT2D eigenvalue weighted by Gasteiger charge is 2.20. The normalized spacial score (nSPS) is 10.5. The van der Waals surface area contributed by atoms with E-state index in [1.54, 1.807) is 13.8 Å². The van der Waals surface area contributed by atoms with Gasteiger partial charge in [-0.15, -0.1) is 0 Å². The fourth-order valence-corrected chi connectivity index (χ4v) is 2.67. The number of imide groups is 1. The smallest absolute Gasteiger partial charge is 0.340 e. The lowest BCUT2D eigenvalue weighted by Gasteiger charge is -2.11. The minimum absolute atomic E-state index is 0.00454. The molecular formula is C19H16N2O5. The number of amides is 2. The van der Waals surface area contributed by atoms with Crippen molar-refractivity contribution in [1.82, 2.24) is 10.3 Å². The summed E-state index contributed by atoms with van der Waals surface area (Å²) in [5.41, 5.74) is 2.33. The van der Waals surface area contributed by atoms with E-state index < -0.39 is 24.4 Å². The Morgan fingerprint density at radius 3 is 2.62 bits per heavy atom. The summed E-state index contributed by atoms with van der Waals surface area (Å²) in [6, 6.07) is 10.4. The number of nitrogens with one attached hydrogen (secondary N) is 1. The van der Waals surface area contributed by atoms with Gasteiger partial charge < -0.3 is 9.15 Å². The van der Waals surface area contributed by atoms with Crippen molar-refractivity contribution in [2.45, 2.75) is 13.8 Å². The lowest BCUT2D eigenvalue weighted by atomic mass is 10.0. The highest BCUT2D eigenvalue weighted by atomic mass is 16.5. The van der Waals surface area contributed by atoms with E-state index in [1.165, 1.54) is 18.4 Å². The van der Waals surface area contributed by atoms with Crippen LogP contribution in [-0.4, -0.2) is 29.4 Å². The quantitative estimate of drug-likeness (QED) is 0.725. The van der Waals surface area contributed by atoms with Gasteiger partial charge in [-0.05, 0) is 37.6 Å². The van der Waals surface area contributed by atoms with Crippen molar-refractivity contribution in [1.29, 1.82) is 0 Å². The molecule has 2 aromatic heterocycles. The molecule has 0 saturated heterocycles. The highest BCUT2D eigenvalue weighted by molar-refractivity contribution is 6.04. The third-order valence-electron chi connectivity index (χ3n) is 3.87. The second kappa shape index (κ2) is 7.18. The summed E-state index contributed by atoms with van der Waals surface area (Å²) >= 11 is 0. The number of benzene rings is 1. The summed E-state index contributed by atoms with van der Waals surface area (Å²) in [6.45, 7) is 2.92. The Kier molecular flexibility index (Phi) is 4.79. The van der Waals surface area contributed by atoms with E-state index in [0.29, 0.717) is 11.3 Å². The van der Waals surface area contributed by atoms with Crippen LogP contribution in [0.1, 0.15) is 32.2 Å². The second-order valence-corrected chi connectivity index (χ2v) is 5.65. The molecule has 7 heteroatoms. The zero-order chi connectivity index (χ0) is 18.7. The minimum atomic E-state index is -0.746. The number of aromatic nitrogens is 1. The number of rotatable bonds is 4. The van der Waals surface area contributed by atoms with Gasteiger partial charge in [-0.25, -0.2) is 4.79 Å². The Hall–Kier alpha value is -3.48. The maximum absolute atomic E-state index is 12.4. The maximum atomic E-state index is 12.4. The van der Waals surface area contributed by atoms with E-state index in [4.69, 9.17) is 9.15 Å². The average Bonchev–Trinajstić information content (AvgIpc) is 3.15. The lowest BCUT2D eigenvalue weighted by Crippen LogP contribution is -2.34. The van der Waals surface area contributed by atoms with Crippen molar-refractivity contribution in [3.8, 4) is 0 Å². The van der Waals surface area contributed by atoms with Gasteiger partial charge in [0.15, 0.2) is 12.4 Å². The van der Waals surface area contributed by atoms with Gasteiger partial charge in [-0.1, -0.05) is 18.2 Å². The molecule has 0 atom stereocenters. The third kappa shape index (κ3) is 3.46. The van der Waals surface area contributed by atoms with Crippen molar-refractivity contribution in [3.05, 3.63) is 65.2 Å². The zero-order valence-electron chi connectivity index (χ0n) is 14.2. The standard InChI is InChI=1S/C19H16N2O5/c1-11-13-6-3-4-7-14(13)20-12(2)17(11)19(24)26-10-16(22)21-18(23)15-8-5-9-25-15/h3-9H,10H2,1-2H3,(H,21,22,23). The van der Waals surface area contributed by atoms with Crippen LogP contribution in [0.2, 0.25) is 0 Å². The van der Waals surface area contributed by atoms with E-state index >= 15 is 0 Å². The number of pyridine rings is 1. The highest BCUT2D eigenvalue weighted by Crippen LogP contribution is 2.23. The number of ether oxygens (including phenoxy) is 1. The maximum Gasteiger partial charge on any atom is 0.340 e. The molecule has 0 radical (unpaired) electrons. The van der Waals surface area contributed by atoms with Gasteiger partial charge in [0.2, 0.25) is 0 Å².